The average molecular weight is 441 g/mol. The smallest absolute Gasteiger partial charge is 0.346 e. The van der Waals surface area contributed by atoms with Gasteiger partial charge >= 0.3 is 5.97 Å². The van der Waals surface area contributed by atoms with Crippen LogP contribution in [0.2, 0.25) is 0 Å². The van der Waals surface area contributed by atoms with E-state index in [9.17, 15) is 9.90 Å². The van der Waals surface area contributed by atoms with Gasteiger partial charge in [-0.1, -0.05) is 19.9 Å². The second-order valence-corrected chi connectivity index (χ2v) is 8.40. The van der Waals surface area contributed by atoms with Gasteiger partial charge in [0.2, 0.25) is 0 Å². The third-order valence-corrected chi connectivity index (χ3v) is 5.36. The number of hydrogen-bond donors (Lipinski definition) is 1. The van der Waals surface area contributed by atoms with Gasteiger partial charge in [0.15, 0.2) is 11.5 Å². The number of allylic oxidation sites excluding steroid dienone is 1. The lowest BCUT2D eigenvalue weighted by atomic mass is 9.99. The van der Waals surface area contributed by atoms with Crippen LogP contribution in [0.15, 0.2) is 36.9 Å². The Hall–Kier alpha value is -2.99. The minimum absolute atomic E-state index is 0.0439. The third-order valence-electron chi connectivity index (χ3n) is 5.36. The Morgan fingerprint density at radius 2 is 2.03 bits per heavy atom. The number of aryl methyl sites for hydroxylation is 1. The third kappa shape index (κ3) is 5.25. The minimum Gasteiger partial charge on any atom is -0.495 e. The van der Waals surface area contributed by atoms with Gasteiger partial charge < -0.3 is 24.1 Å². The quantitative estimate of drug-likeness (QED) is 0.387. The molecular weight excluding hydrogens is 408 g/mol. The van der Waals surface area contributed by atoms with E-state index in [-0.39, 0.29) is 17.9 Å². The molecule has 6 nitrogen and oxygen atoms in total. The van der Waals surface area contributed by atoms with Crippen molar-refractivity contribution >= 4 is 5.97 Å². The molecule has 0 radical (unpaired) electrons. The van der Waals surface area contributed by atoms with Crippen molar-refractivity contribution in [3.05, 3.63) is 59.2 Å². The van der Waals surface area contributed by atoms with Gasteiger partial charge in [0.05, 0.1) is 19.8 Å². The highest BCUT2D eigenvalue weighted by atomic mass is 16.6. The molecule has 1 aliphatic heterocycles. The first-order valence-electron chi connectivity index (χ1n) is 11.0. The van der Waals surface area contributed by atoms with E-state index in [0.717, 1.165) is 17.5 Å². The molecule has 0 aromatic heterocycles. The number of aliphatic hydroxyl groups excluding tert-OH is 1. The van der Waals surface area contributed by atoms with Crippen LogP contribution < -0.4 is 14.2 Å². The summed E-state index contributed by atoms with van der Waals surface area (Å²) in [7, 11) is 1.46. The summed E-state index contributed by atoms with van der Waals surface area (Å²) in [6.45, 7) is 10.5. The molecule has 32 heavy (non-hydrogen) atoms. The molecule has 0 saturated carbocycles. The predicted octanol–water partition coefficient (Wildman–Crippen LogP) is 5.89. The zero-order chi connectivity index (χ0) is 23.3. The lowest BCUT2D eigenvalue weighted by Gasteiger charge is -2.24. The van der Waals surface area contributed by atoms with Crippen molar-refractivity contribution in [2.45, 2.75) is 52.7 Å². The summed E-state index contributed by atoms with van der Waals surface area (Å²) in [6, 6.07) is 7.23. The zero-order valence-corrected chi connectivity index (χ0v) is 19.3. The van der Waals surface area contributed by atoms with Gasteiger partial charge in [0.25, 0.3) is 0 Å². The maximum atomic E-state index is 12.9. The largest absolute Gasteiger partial charge is 0.495 e. The fourth-order valence-corrected chi connectivity index (χ4v) is 3.65. The Labute approximate surface area is 189 Å². The number of hydrogen-bond acceptors (Lipinski definition) is 6. The molecule has 1 heterocycles. The van der Waals surface area contributed by atoms with Crippen molar-refractivity contribution in [3.8, 4) is 23.0 Å². The molecule has 0 bridgehead atoms. The first-order valence-corrected chi connectivity index (χ1v) is 11.0. The van der Waals surface area contributed by atoms with Gasteiger partial charge in [-0.05, 0) is 61.9 Å². The number of benzene rings is 2. The van der Waals surface area contributed by atoms with Crippen LogP contribution in [-0.2, 0) is 11.3 Å². The number of esters is 1. The van der Waals surface area contributed by atoms with Crippen molar-refractivity contribution in [1.82, 2.24) is 0 Å². The Kier molecular flexibility index (Phi) is 7.80. The van der Waals surface area contributed by atoms with Crippen molar-refractivity contribution in [2.24, 2.45) is 5.92 Å². The summed E-state index contributed by atoms with van der Waals surface area (Å²) >= 11 is 0. The van der Waals surface area contributed by atoms with Gasteiger partial charge in [0, 0.05) is 11.1 Å². The molecule has 172 valence electrons. The molecule has 1 unspecified atom stereocenters. The van der Waals surface area contributed by atoms with Crippen molar-refractivity contribution in [1.29, 1.82) is 0 Å². The fourth-order valence-electron chi connectivity index (χ4n) is 3.65. The summed E-state index contributed by atoms with van der Waals surface area (Å²) in [5, 5.41) is 10.6. The molecule has 1 N–H and O–H groups in total. The summed E-state index contributed by atoms with van der Waals surface area (Å²) < 4.78 is 23.4. The second kappa shape index (κ2) is 10.6. The monoisotopic (exact) mass is 440 g/mol. The van der Waals surface area contributed by atoms with Gasteiger partial charge in [-0.2, -0.15) is 0 Å². The Balaban J connectivity index is 2.04. The van der Waals surface area contributed by atoms with Crippen molar-refractivity contribution < 1.29 is 28.8 Å². The van der Waals surface area contributed by atoms with Crippen LogP contribution in [0.1, 0.15) is 66.3 Å². The first-order chi connectivity index (χ1) is 15.3. The molecule has 6 heteroatoms. The summed E-state index contributed by atoms with van der Waals surface area (Å²) in [5.41, 5.74) is 2.38. The second-order valence-electron chi connectivity index (χ2n) is 8.40. The van der Waals surface area contributed by atoms with Crippen molar-refractivity contribution in [3.63, 3.8) is 0 Å². The summed E-state index contributed by atoms with van der Waals surface area (Å²) in [4.78, 5) is 12.9. The number of rotatable bonds is 9. The van der Waals surface area contributed by atoms with Gasteiger partial charge in [-0.25, -0.2) is 4.79 Å². The zero-order valence-electron chi connectivity index (χ0n) is 19.3. The molecule has 0 aliphatic carbocycles. The highest BCUT2D eigenvalue weighted by Crippen LogP contribution is 2.44. The maximum Gasteiger partial charge on any atom is 0.346 e. The van der Waals surface area contributed by atoms with Crippen LogP contribution >= 0.6 is 0 Å². The van der Waals surface area contributed by atoms with E-state index in [1.54, 1.807) is 18.2 Å². The summed E-state index contributed by atoms with van der Waals surface area (Å²) in [6.07, 6.45) is 2.93. The molecule has 0 amide bonds. The Morgan fingerprint density at radius 1 is 1.25 bits per heavy atom. The molecule has 1 aliphatic rings. The summed E-state index contributed by atoms with van der Waals surface area (Å²) in [5.74, 6) is 1.63. The molecule has 0 spiro atoms. The van der Waals surface area contributed by atoms with Crippen LogP contribution in [0.5, 0.6) is 23.0 Å². The highest BCUT2D eigenvalue weighted by Gasteiger charge is 2.29. The maximum absolute atomic E-state index is 12.9. The van der Waals surface area contributed by atoms with E-state index >= 15 is 0 Å². The van der Waals surface area contributed by atoms with E-state index in [1.165, 1.54) is 7.11 Å². The average Bonchev–Trinajstić information content (AvgIpc) is 2.75. The van der Waals surface area contributed by atoms with E-state index in [4.69, 9.17) is 18.9 Å². The number of cyclic esters (lactones) is 1. The molecule has 2 aromatic rings. The Morgan fingerprint density at radius 3 is 2.72 bits per heavy atom. The first kappa shape index (κ1) is 23.7. The molecule has 1 atom stereocenters. The van der Waals surface area contributed by atoms with Crippen LogP contribution in [0, 0.1) is 12.8 Å². The number of carbonyl (C=O) groups excluding carboxylic acids is 1. The predicted molar refractivity (Wildman–Crippen MR) is 123 cm³/mol. The van der Waals surface area contributed by atoms with Crippen LogP contribution in [-0.4, -0.2) is 24.8 Å². The van der Waals surface area contributed by atoms with Crippen LogP contribution in [0.3, 0.4) is 0 Å². The van der Waals surface area contributed by atoms with E-state index in [0.29, 0.717) is 48.2 Å². The SMILES string of the molecule is C=CCCC(O)c1ccc2c(c1OC)C(=O)OCc1cc(C)cc(OCCC(C)C)c1O2. The number of methoxy groups -OCH3 is 1. The molecule has 0 saturated heterocycles. The number of ether oxygens (including phenoxy) is 4. The minimum atomic E-state index is -0.809. The van der Waals surface area contributed by atoms with Gasteiger partial charge in [-0.15, -0.1) is 6.58 Å². The molecule has 0 fully saturated rings. The van der Waals surface area contributed by atoms with Crippen LogP contribution in [0.25, 0.3) is 0 Å². The number of aliphatic hydroxyl groups is 1. The normalized spacial score (nSPS) is 13.8. The number of fused-ring (bicyclic) bond motifs is 2. The van der Waals surface area contributed by atoms with Gasteiger partial charge in [0.1, 0.15) is 23.7 Å². The standard InChI is InChI=1S/C26H32O6/c1-6-7-8-20(27)19-9-10-21-23(25(19)29-5)26(28)31-15-18-13-17(4)14-22(24(18)32-21)30-12-11-16(2)3/h6,9-10,13-14,16,20,27H,1,7-8,11-12,15H2,2-5H3. The lowest BCUT2D eigenvalue weighted by Crippen LogP contribution is -2.15. The number of carbonyl (C=O) groups is 1. The van der Waals surface area contributed by atoms with E-state index < -0.39 is 12.1 Å². The van der Waals surface area contributed by atoms with Crippen molar-refractivity contribution in [2.75, 3.05) is 13.7 Å². The molecule has 2 aromatic carbocycles. The van der Waals surface area contributed by atoms with Gasteiger partial charge in [-0.3, -0.25) is 0 Å². The van der Waals surface area contributed by atoms with E-state index in [1.807, 2.05) is 19.1 Å². The topological polar surface area (TPSA) is 74.2 Å². The molecule has 3 rings (SSSR count). The highest BCUT2D eigenvalue weighted by molar-refractivity contribution is 5.96. The Bertz CT molecular complexity index is 979. The van der Waals surface area contributed by atoms with E-state index in [2.05, 4.69) is 20.4 Å². The molecular formula is C26H32O6. The fraction of sp³-hybridized carbons (Fsp3) is 0.423. The lowest BCUT2D eigenvalue weighted by molar-refractivity contribution is 0.0453. The van der Waals surface area contributed by atoms with Crippen LogP contribution in [0.4, 0.5) is 0 Å².